The first kappa shape index (κ1) is 21.0. The zero-order chi connectivity index (χ0) is 19.6. The SMILES string of the molecule is CCNC(=O)[C@@H](C)N(Cc1ccc(F)cc1)C(=O)CSCc1ccccc1. The number of hydrogen-bond acceptors (Lipinski definition) is 3. The summed E-state index contributed by atoms with van der Waals surface area (Å²) < 4.78 is 13.1. The molecule has 0 bridgehead atoms. The molecule has 144 valence electrons. The highest BCUT2D eigenvalue weighted by atomic mass is 32.2. The molecule has 0 aromatic heterocycles. The van der Waals surface area contributed by atoms with E-state index < -0.39 is 6.04 Å². The van der Waals surface area contributed by atoms with E-state index in [1.54, 1.807) is 24.0 Å². The van der Waals surface area contributed by atoms with Crippen LogP contribution < -0.4 is 5.32 Å². The first-order chi connectivity index (χ1) is 13.0. The second-order valence-electron chi connectivity index (χ2n) is 6.20. The van der Waals surface area contributed by atoms with Crippen molar-refractivity contribution in [1.29, 1.82) is 0 Å². The quantitative estimate of drug-likeness (QED) is 0.714. The highest BCUT2D eigenvalue weighted by molar-refractivity contribution is 7.99. The number of rotatable bonds is 9. The van der Waals surface area contributed by atoms with Gasteiger partial charge in [0.2, 0.25) is 11.8 Å². The van der Waals surface area contributed by atoms with Crippen molar-refractivity contribution in [2.45, 2.75) is 32.2 Å². The van der Waals surface area contributed by atoms with Crippen LogP contribution in [0.2, 0.25) is 0 Å². The third kappa shape index (κ3) is 6.71. The van der Waals surface area contributed by atoms with Crippen LogP contribution in [-0.4, -0.2) is 35.1 Å². The largest absolute Gasteiger partial charge is 0.355 e. The van der Waals surface area contributed by atoms with E-state index in [0.29, 0.717) is 6.54 Å². The average molecular weight is 389 g/mol. The number of benzene rings is 2. The fraction of sp³-hybridized carbons (Fsp3) is 0.333. The highest BCUT2D eigenvalue weighted by Crippen LogP contribution is 2.16. The second-order valence-corrected chi connectivity index (χ2v) is 7.18. The molecule has 2 aromatic carbocycles. The molecule has 0 saturated heterocycles. The van der Waals surface area contributed by atoms with Crippen molar-refractivity contribution in [2.24, 2.45) is 0 Å². The van der Waals surface area contributed by atoms with Crippen LogP contribution >= 0.6 is 11.8 Å². The van der Waals surface area contributed by atoms with E-state index in [9.17, 15) is 14.0 Å². The molecule has 0 radical (unpaired) electrons. The summed E-state index contributed by atoms with van der Waals surface area (Å²) in [5.74, 6) is 0.374. The van der Waals surface area contributed by atoms with Gasteiger partial charge in [0, 0.05) is 18.8 Å². The molecule has 0 aliphatic carbocycles. The Morgan fingerprint density at radius 1 is 1.07 bits per heavy atom. The van der Waals surface area contributed by atoms with Gasteiger partial charge in [0.15, 0.2) is 0 Å². The monoisotopic (exact) mass is 388 g/mol. The molecule has 0 unspecified atom stereocenters. The summed E-state index contributed by atoms with van der Waals surface area (Å²) in [6, 6.07) is 15.3. The van der Waals surface area contributed by atoms with Crippen LogP contribution in [0.1, 0.15) is 25.0 Å². The maximum absolute atomic E-state index is 13.1. The molecule has 1 N–H and O–H groups in total. The van der Waals surface area contributed by atoms with Crippen LogP contribution in [0.15, 0.2) is 54.6 Å². The lowest BCUT2D eigenvalue weighted by molar-refractivity contribution is -0.138. The summed E-state index contributed by atoms with van der Waals surface area (Å²) in [6.07, 6.45) is 0. The van der Waals surface area contributed by atoms with Crippen molar-refractivity contribution in [3.63, 3.8) is 0 Å². The second kappa shape index (κ2) is 10.7. The zero-order valence-corrected chi connectivity index (χ0v) is 16.5. The predicted octanol–water partition coefficient (Wildman–Crippen LogP) is 3.61. The fourth-order valence-electron chi connectivity index (χ4n) is 2.60. The average Bonchev–Trinajstić information content (AvgIpc) is 2.68. The third-order valence-electron chi connectivity index (χ3n) is 4.12. The number of halogens is 1. The van der Waals surface area contributed by atoms with Crippen molar-refractivity contribution >= 4 is 23.6 Å². The van der Waals surface area contributed by atoms with Crippen LogP contribution in [0.5, 0.6) is 0 Å². The number of nitrogens with one attached hydrogen (secondary N) is 1. The standard InChI is InChI=1S/C21H25FN2O2S/c1-3-23-21(26)16(2)24(13-17-9-11-19(22)12-10-17)20(25)15-27-14-18-7-5-4-6-8-18/h4-12,16H,3,13-15H2,1-2H3,(H,23,26)/t16-/m1/s1. The van der Waals surface area contributed by atoms with E-state index in [-0.39, 0.29) is 29.9 Å². The fourth-order valence-corrected chi connectivity index (χ4v) is 3.48. The van der Waals surface area contributed by atoms with E-state index in [0.717, 1.165) is 16.9 Å². The Balaban J connectivity index is 2.03. The summed E-state index contributed by atoms with van der Waals surface area (Å²) in [5, 5.41) is 2.76. The Bertz CT molecular complexity index is 738. The molecule has 2 aromatic rings. The normalized spacial score (nSPS) is 11.7. The van der Waals surface area contributed by atoms with Crippen LogP contribution in [0.4, 0.5) is 4.39 Å². The summed E-state index contributed by atoms with van der Waals surface area (Å²) in [7, 11) is 0. The topological polar surface area (TPSA) is 49.4 Å². The Morgan fingerprint density at radius 2 is 1.74 bits per heavy atom. The molecule has 27 heavy (non-hydrogen) atoms. The summed E-state index contributed by atoms with van der Waals surface area (Å²) in [6.45, 7) is 4.33. The van der Waals surface area contributed by atoms with Gasteiger partial charge in [-0.1, -0.05) is 42.5 Å². The van der Waals surface area contributed by atoms with E-state index in [1.165, 1.54) is 23.9 Å². The summed E-state index contributed by atoms with van der Waals surface area (Å²) in [5.41, 5.74) is 1.94. The molecule has 2 amide bonds. The van der Waals surface area contributed by atoms with Crippen LogP contribution in [0.3, 0.4) is 0 Å². The number of amides is 2. The lowest BCUT2D eigenvalue weighted by Crippen LogP contribution is -2.48. The smallest absolute Gasteiger partial charge is 0.242 e. The first-order valence-corrected chi connectivity index (χ1v) is 10.1. The van der Waals surface area contributed by atoms with E-state index >= 15 is 0 Å². The predicted molar refractivity (Wildman–Crippen MR) is 108 cm³/mol. The van der Waals surface area contributed by atoms with Crippen LogP contribution in [0.25, 0.3) is 0 Å². The molecular formula is C21H25FN2O2S. The van der Waals surface area contributed by atoms with Gasteiger partial charge in [-0.2, -0.15) is 0 Å². The molecule has 0 aliphatic heterocycles. The number of thioether (sulfide) groups is 1. The molecule has 0 heterocycles. The molecular weight excluding hydrogens is 363 g/mol. The van der Waals surface area contributed by atoms with Gasteiger partial charge in [-0.15, -0.1) is 11.8 Å². The number of hydrogen-bond donors (Lipinski definition) is 1. The lowest BCUT2D eigenvalue weighted by atomic mass is 10.1. The Labute approximate surface area is 164 Å². The third-order valence-corrected chi connectivity index (χ3v) is 5.11. The van der Waals surface area contributed by atoms with Crippen molar-refractivity contribution in [3.05, 3.63) is 71.5 Å². The molecule has 0 spiro atoms. The Kier molecular flexibility index (Phi) is 8.33. The molecule has 0 aliphatic rings. The highest BCUT2D eigenvalue weighted by Gasteiger charge is 2.25. The van der Waals surface area contributed by atoms with Crippen LogP contribution in [0, 0.1) is 5.82 Å². The van der Waals surface area contributed by atoms with Gasteiger partial charge < -0.3 is 10.2 Å². The number of carbonyl (C=O) groups excluding carboxylic acids is 2. The maximum Gasteiger partial charge on any atom is 0.242 e. The van der Waals surface area contributed by atoms with Gasteiger partial charge in [-0.05, 0) is 37.1 Å². The molecule has 1 atom stereocenters. The molecule has 2 rings (SSSR count). The summed E-state index contributed by atoms with van der Waals surface area (Å²) in [4.78, 5) is 26.6. The van der Waals surface area contributed by atoms with E-state index in [1.807, 2.05) is 37.3 Å². The van der Waals surface area contributed by atoms with Crippen molar-refractivity contribution < 1.29 is 14.0 Å². The number of nitrogens with zero attached hydrogens (tertiary/aromatic N) is 1. The van der Waals surface area contributed by atoms with Crippen LogP contribution in [-0.2, 0) is 21.9 Å². The first-order valence-electron chi connectivity index (χ1n) is 8.94. The lowest BCUT2D eigenvalue weighted by Gasteiger charge is -2.28. The minimum atomic E-state index is -0.597. The van der Waals surface area contributed by atoms with Gasteiger partial charge in [-0.25, -0.2) is 4.39 Å². The Hall–Kier alpha value is -2.34. The molecule has 4 nitrogen and oxygen atoms in total. The minimum absolute atomic E-state index is 0.112. The molecule has 6 heteroatoms. The molecule has 0 saturated carbocycles. The van der Waals surface area contributed by atoms with E-state index in [2.05, 4.69) is 5.32 Å². The van der Waals surface area contributed by atoms with Gasteiger partial charge >= 0.3 is 0 Å². The molecule has 0 fully saturated rings. The summed E-state index contributed by atoms with van der Waals surface area (Å²) >= 11 is 1.52. The van der Waals surface area contributed by atoms with Gasteiger partial charge in [-0.3, -0.25) is 9.59 Å². The van der Waals surface area contributed by atoms with Crippen molar-refractivity contribution in [2.75, 3.05) is 12.3 Å². The van der Waals surface area contributed by atoms with E-state index in [4.69, 9.17) is 0 Å². The van der Waals surface area contributed by atoms with Gasteiger partial charge in [0.05, 0.1) is 5.75 Å². The zero-order valence-electron chi connectivity index (χ0n) is 15.7. The van der Waals surface area contributed by atoms with Gasteiger partial charge in [0.1, 0.15) is 11.9 Å². The number of likely N-dealkylation sites (N-methyl/N-ethyl adjacent to an activating group) is 1. The van der Waals surface area contributed by atoms with Crippen molar-refractivity contribution in [3.8, 4) is 0 Å². The van der Waals surface area contributed by atoms with Gasteiger partial charge in [0.25, 0.3) is 0 Å². The van der Waals surface area contributed by atoms with Crippen molar-refractivity contribution in [1.82, 2.24) is 10.2 Å². The number of carbonyl (C=O) groups is 2. The Morgan fingerprint density at radius 3 is 2.37 bits per heavy atom. The maximum atomic E-state index is 13.1. The minimum Gasteiger partial charge on any atom is -0.355 e.